The number of nitrogens with zero attached hydrogens (tertiary/aromatic N) is 2. The molecule has 3 heteroatoms. The van der Waals surface area contributed by atoms with Gasteiger partial charge >= 0.3 is 0 Å². The Morgan fingerprint density at radius 3 is 1.29 bits per heavy atom. The Balaban J connectivity index is 0.0000101. The summed E-state index contributed by atoms with van der Waals surface area (Å²) in [5, 5.41) is 0. The second-order valence-corrected chi connectivity index (χ2v) is 12.7. The van der Waals surface area contributed by atoms with E-state index in [0.717, 1.165) is 42.1 Å². The van der Waals surface area contributed by atoms with Crippen LogP contribution in [0.1, 0.15) is 168 Å². The smallest absolute Gasteiger partial charge is 0.0848 e. The minimum absolute atomic E-state index is 0. The molecule has 0 aliphatic heterocycles. The molecule has 0 N–H and O–H groups in total. The molecule has 0 aromatic heterocycles. The van der Waals surface area contributed by atoms with Gasteiger partial charge in [-0.05, 0) is 56.0 Å². The van der Waals surface area contributed by atoms with E-state index in [4.69, 9.17) is 9.98 Å². The quantitative estimate of drug-likeness (QED) is 0.0494. The third-order valence-electron chi connectivity index (χ3n) is 8.59. The number of hydrogen-bond acceptors (Lipinski definition) is 2. The van der Waals surface area contributed by atoms with Crippen LogP contribution in [0.4, 0.5) is 11.4 Å². The zero-order valence-corrected chi connectivity index (χ0v) is 30.1. The Morgan fingerprint density at radius 1 is 0.467 bits per heavy atom. The van der Waals surface area contributed by atoms with Gasteiger partial charge in [-0.25, -0.2) is 4.99 Å². The number of allylic oxidation sites excluding steroid dienone is 2. The summed E-state index contributed by atoms with van der Waals surface area (Å²) in [6.45, 7) is 4.58. The van der Waals surface area contributed by atoms with E-state index in [1.165, 1.54) is 135 Å². The summed E-state index contributed by atoms with van der Waals surface area (Å²) in [6.07, 6.45) is 37.0. The molecule has 0 fully saturated rings. The van der Waals surface area contributed by atoms with Crippen molar-refractivity contribution in [1.29, 1.82) is 0 Å². The van der Waals surface area contributed by atoms with E-state index >= 15 is 0 Å². The van der Waals surface area contributed by atoms with Crippen molar-refractivity contribution in [3.05, 3.63) is 72.8 Å². The maximum atomic E-state index is 5.12. The summed E-state index contributed by atoms with van der Waals surface area (Å²) in [7, 11) is 0. The minimum atomic E-state index is 0. The van der Waals surface area contributed by atoms with Crippen LogP contribution in [0.5, 0.6) is 0 Å². The van der Waals surface area contributed by atoms with Crippen LogP contribution in [0.15, 0.2) is 82.8 Å². The molecule has 0 aliphatic rings. The first-order valence-corrected chi connectivity index (χ1v) is 18.8. The van der Waals surface area contributed by atoms with Crippen LogP contribution in [0.25, 0.3) is 0 Å². The van der Waals surface area contributed by atoms with Crippen LogP contribution in [0.3, 0.4) is 0 Å². The number of para-hydroxylation sites is 2. The van der Waals surface area contributed by atoms with E-state index in [9.17, 15) is 0 Å². The van der Waals surface area contributed by atoms with Gasteiger partial charge in [0.05, 0.1) is 22.8 Å². The van der Waals surface area contributed by atoms with Crippen molar-refractivity contribution in [3.63, 3.8) is 0 Å². The van der Waals surface area contributed by atoms with Gasteiger partial charge in [0.2, 0.25) is 0 Å². The zero-order chi connectivity index (χ0) is 31.2. The molecular weight excluding hydrogens is 591 g/mol. The molecule has 0 radical (unpaired) electrons. The SMILES string of the molecule is CCCCCCCCCCCCCCCCCCC=CC(=Nc1ccccc1)C(CCCCCCCC)=Nc1ccccc1.[Ni]. The summed E-state index contributed by atoms with van der Waals surface area (Å²) in [5.74, 6) is 0. The Bertz CT molecular complexity index is 996. The number of aliphatic imine (C=N–C) groups is 2. The van der Waals surface area contributed by atoms with Crippen LogP contribution >= 0.6 is 0 Å². The third-order valence-corrected chi connectivity index (χ3v) is 8.59. The van der Waals surface area contributed by atoms with Crippen LogP contribution in [0, 0.1) is 0 Å². The van der Waals surface area contributed by atoms with E-state index in [1.807, 2.05) is 0 Å². The molecule has 0 bridgehead atoms. The monoisotopic (exact) mass is 656 g/mol. The molecule has 0 spiro atoms. The number of unbranched alkanes of at least 4 members (excludes halogenated alkanes) is 21. The van der Waals surface area contributed by atoms with E-state index < -0.39 is 0 Å². The van der Waals surface area contributed by atoms with Gasteiger partial charge in [-0.15, -0.1) is 0 Å². The first-order valence-electron chi connectivity index (χ1n) is 18.8. The molecular formula is C42H66N2Ni. The molecule has 0 saturated heterocycles. The summed E-state index contributed by atoms with van der Waals surface area (Å²) in [5.41, 5.74) is 4.14. The second-order valence-electron chi connectivity index (χ2n) is 12.7. The van der Waals surface area contributed by atoms with E-state index in [2.05, 4.69) is 86.7 Å². The van der Waals surface area contributed by atoms with Gasteiger partial charge in [0.15, 0.2) is 0 Å². The number of rotatable bonds is 28. The molecule has 0 amide bonds. The van der Waals surface area contributed by atoms with Crippen molar-refractivity contribution in [2.45, 2.75) is 168 Å². The van der Waals surface area contributed by atoms with E-state index in [0.29, 0.717) is 0 Å². The number of hydrogen-bond donors (Lipinski definition) is 0. The molecule has 254 valence electrons. The average molecular weight is 658 g/mol. The van der Waals surface area contributed by atoms with E-state index in [-0.39, 0.29) is 16.5 Å². The topological polar surface area (TPSA) is 24.7 Å². The zero-order valence-electron chi connectivity index (χ0n) is 29.1. The number of benzene rings is 2. The third kappa shape index (κ3) is 23.1. The van der Waals surface area contributed by atoms with E-state index in [1.54, 1.807) is 0 Å². The first-order chi connectivity index (χ1) is 21.8. The van der Waals surface area contributed by atoms with Gasteiger partial charge in [-0.3, -0.25) is 4.99 Å². The Hall–Kier alpha value is -1.99. The van der Waals surface area contributed by atoms with Gasteiger partial charge in [0, 0.05) is 16.5 Å². The maximum Gasteiger partial charge on any atom is 0.0848 e. The molecule has 2 aromatic carbocycles. The van der Waals surface area contributed by atoms with Crippen molar-refractivity contribution >= 4 is 22.8 Å². The predicted molar refractivity (Wildman–Crippen MR) is 198 cm³/mol. The van der Waals surface area contributed by atoms with Crippen LogP contribution < -0.4 is 0 Å². The molecule has 0 atom stereocenters. The molecule has 2 nitrogen and oxygen atoms in total. The van der Waals surface area contributed by atoms with Crippen LogP contribution in [0.2, 0.25) is 0 Å². The standard InChI is InChI=1S/C42H66N2.Ni/c1-3-5-7-9-11-12-13-14-15-16-17-18-19-20-21-22-24-32-38-42(44-40-35-29-26-30-36-40)41(37-31-23-10-8-6-4-2)43-39-33-27-25-28-34-39;/h25-30,32-36,38H,3-24,31,37H2,1-2H3;. The summed E-state index contributed by atoms with van der Waals surface area (Å²) in [4.78, 5) is 10.2. The predicted octanol–water partition coefficient (Wildman–Crippen LogP) is 14.5. The Morgan fingerprint density at radius 2 is 0.844 bits per heavy atom. The fraction of sp³-hybridized carbons (Fsp3) is 0.619. The van der Waals surface area contributed by atoms with Crippen LogP contribution in [-0.4, -0.2) is 11.4 Å². The molecule has 0 aliphatic carbocycles. The molecule has 2 aromatic rings. The fourth-order valence-electron chi connectivity index (χ4n) is 5.82. The minimum Gasteiger partial charge on any atom is -0.251 e. The summed E-state index contributed by atoms with van der Waals surface area (Å²) < 4.78 is 0. The molecule has 0 saturated carbocycles. The van der Waals surface area contributed by atoms with Crippen molar-refractivity contribution in [1.82, 2.24) is 0 Å². The second kappa shape index (κ2) is 30.7. The summed E-state index contributed by atoms with van der Waals surface area (Å²) >= 11 is 0. The van der Waals surface area contributed by atoms with Crippen molar-refractivity contribution < 1.29 is 16.5 Å². The van der Waals surface area contributed by atoms with Gasteiger partial charge in [-0.1, -0.05) is 185 Å². The Labute approximate surface area is 289 Å². The normalized spacial score (nSPS) is 12.1. The van der Waals surface area contributed by atoms with Gasteiger partial charge in [0.1, 0.15) is 0 Å². The van der Waals surface area contributed by atoms with Crippen molar-refractivity contribution in [2.75, 3.05) is 0 Å². The van der Waals surface area contributed by atoms with Crippen LogP contribution in [-0.2, 0) is 16.5 Å². The maximum absolute atomic E-state index is 5.12. The molecule has 2 rings (SSSR count). The van der Waals surface area contributed by atoms with Gasteiger partial charge in [0.25, 0.3) is 0 Å². The molecule has 0 unspecified atom stereocenters. The summed E-state index contributed by atoms with van der Waals surface area (Å²) in [6, 6.07) is 20.8. The average Bonchev–Trinajstić information content (AvgIpc) is 3.05. The van der Waals surface area contributed by atoms with Crippen molar-refractivity contribution in [3.8, 4) is 0 Å². The molecule has 0 heterocycles. The van der Waals surface area contributed by atoms with Crippen molar-refractivity contribution in [2.24, 2.45) is 9.98 Å². The fourth-order valence-corrected chi connectivity index (χ4v) is 5.82. The first kappa shape index (κ1) is 41.0. The van der Waals surface area contributed by atoms with Gasteiger partial charge < -0.3 is 0 Å². The largest absolute Gasteiger partial charge is 0.251 e. The van der Waals surface area contributed by atoms with Gasteiger partial charge in [-0.2, -0.15) is 0 Å². The Kier molecular flexibility index (Phi) is 28.0. The molecule has 45 heavy (non-hydrogen) atoms.